The fourth-order valence-electron chi connectivity index (χ4n) is 2.36. The minimum absolute atomic E-state index is 0.122. The second kappa shape index (κ2) is 5.57. The van der Waals surface area contributed by atoms with Crippen LogP contribution < -0.4 is 9.64 Å². The number of nitrogens with zero attached hydrogens (tertiary/aromatic N) is 2. The Hall–Kier alpha value is -2.57. The molecule has 0 unspecified atom stereocenters. The van der Waals surface area contributed by atoms with Crippen LogP contribution in [0.15, 0.2) is 36.5 Å². The van der Waals surface area contributed by atoms with E-state index in [1.54, 1.807) is 19.1 Å². The van der Waals surface area contributed by atoms with Gasteiger partial charge in [0, 0.05) is 11.9 Å². The maximum Gasteiger partial charge on any atom is 0.416 e. The molecule has 2 heterocycles. The van der Waals surface area contributed by atoms with E-state index >= 15 is 0 Å². The van der Waals surface area contributed by atoms with Crippen LogP contribution >= 0.6 is 0 Å². The van der Waals surface area contributed by atoms with E-state index in [1.165, 1.54) is 17.2 Å². The summed E-state index contributed by atoms with van der Waals surface area (Å²) in [5.74, 6) is -0.140. The quantitative estimate of drug-likeness (QED) is 0.807. The SMILES string of the molecule is Cc1ccc(C(=O)N2CCOc3ccc(C(F)(F)F)cc32)cn1. The van der Waals surface area contributed by atoms with Crippen LogP contribution in [0.2, 0.25) is 0 Å². The summed E-state index contributed by atoms with van der Waals surface area (Å²) in [5.41, 5.74) is 0.377. The molecule has 1 aliphatic heterocycles. The van der Waals surface area contributed by atoms with Crippen LogP contribution in [0, 0.1) is 6.92 Å². The highest BCUT2D eigenvalue weighted by atomic mass is 19.4. The Labute approximate surface area is 130 Å². The first-order valence-electron chi connectivity index (χ1n) is 6.95. The molecule has 4 nitrogen and oxygen atoms in total. The molecule has 1 aliphatic rings. The van der Waals surface area contributed by atoms with Gasteiger partial charge < -0.3 is 9.64 Å². The van der Waals surface area contributed by atoms with Crippen molar-refractivity contribution in [3.63, 3.8) is 0 Å². The zero-order valence-corrected chi connectivity index (χ0v) is 12.2. The van der Waals surface area contributed by atoms with Crippen LogP contribution in [0.5, 0.6) is 5.75 Å². The third kappa shape index (κ3) is 2.99. The largest absolute Gasteiger partial charge is 0.490 e. The van der Waals surface area contributed by atoms with Crippen molar-refractivity contribution in [2.75, 3.05) is 18.1 Å². The van der Waals surface area contributed by atoms with Gasteiger partial charge >= 0.3 is 6.18 Å². The first kappa shape index (κ1) is 15.3. The molecular weight excluding hydrogens is 309 g/mol. The Balaban J connectivity index is 2.00. The smallest absolute Gasteiger partial charge is 0.416 e. The minimum Gasteiger partial charge on any atom is -0.490 e. The lowest BCUT2D eigenvalue weighted by Gasteiger charge is -2.30. The molecular formula is C16H13F3N2O2. The first-order chi connectivity index (χ1) is 10.9. The molecule has 0 N–H and O–H groups in total. The number of benzene rings is 1. The van der Waals surface area contributed by atoms with Crippen molar-refractivity contribution in [2.24, 2.45) is 0 Å². The number of ether oxygens (including phenoxy) is 1. The summed E-state index contributed by atoms with van der Waals surface area (Å²) in [6, 6.07) is 6.41. The summed E-state index contributed by atoms with van der Waals surface area (Å²) in [6.45, 7) is 2.19. The molecule has 0 saturated carbocycles. The summed E-state index contributed by atoms with van der Waals surface area (Å²) in [5, 5.41) is 0. The van der Waals surface area contributed by atoms with Crippen LogP contribution in [0.4, 0.5) is 18.9 Å². The molecule has 120 valence electrons. The van der Waals surface area contributed by atoms with E-state index in [-0.39, 0.29) is 24.6 Å². The number of amides is 1. The van der Waals surface area contributed by atoms with E-state index in [2.05, 4.69) is 4.98 Å². The third-order valence-corrected chi connectivity index (χ3v) is 3.55. The standard InChI is InChI=1S/C16H13F3N2O2/c1-10-2-3-11(9-20-10)15(22)21-6-7-23-14-5-4-12(8-13(14)21)16(17,18)19/h2-5,8-9H,6-7H2,1H3. The van der Waals surface area contributed by atoms with Gasteiger partial charge in [0.05, 0.1) is 23.4 Å². The molecule has 0 saturated heterocycles. The van der Waals surface area contributed by atoms with Crippen molar-refractivity contribution in [3.05, 3.63) is 53.3 Å². The average molecular weight is 322 g/mol. The van der Waals surface area contributed by atoms with Gasteiger partial charge in [-0.1, -0.05) is 0 Å². The molecule has 0 atom stereocenters. The number of pyridine rings is 1. The summed E-state index contributed by atoms with van der Waals surface area (Å²) in [6.07, 6.45) is -3.06. The van der Waals surface area contributed by atoms with Crippen molar-refractivity contribution in [1.82, 2.24) is 4.98 Å². The third-order valence-electron chi connectivity index (χ3n) is 3.55. The molecule has 2 aromatic rings. The molecule has 23 heavy (non-hydrogen) atoms. The number of alkyl halides is 3. The highest BCUT2D eigenvalue weighted by molar-refractivity contribution is 6.07. The summed E-state index contributed by atoms with van der Waals surface area (Å²) in [4.78, 5) is 17.9. The Kier molecular flexibility index (Phi) is 3.71. The van der Waals surface area contributed by atoms with Gasteiger partial charge in [-0.2, -0.15) is 13.2 Å². The molecule has 0 bridgehead atoms. The van der Waals surface area contributed by atoms with Crippen LogP contribution in [0.1, 0.15) is 21.6 Å². The van der Waals surface area contributed by atoms with Gasteiger partial charge in [0.25, 0.3) is 5.91 Å². The summed E-state index contributed by atoms with van der Waals surface area (Å²) in [7, 11) is 0. The molecule has 1 amide bonds. The van der Waals surface area contributed by atoms with Gasteiger partial charge in [-0.05, 0) is 37.3 Å². The van der Waals surface area contributed by atoms with Gasteiger partial charge in [-0.25, -0.2) is 0 Å². The predicted molar refractivity (Wildman–Crippen MR) is 77.6 cm³/mol. The van der Waals surface area contributed by atoms with E-state index in [4.69, 9.17) is 4.74 Å². The van der Waals surface area contributed by atoms with Crippen molar-refractivity contribution < 1.29 is 22.7 Å². The number of rotatable bonds is 1. The Bertz CT molecular complexity index is 742. The van der Waals surface area contributed by atoms with Gasteiger partial charge in [0.1, 0.15) is 12.4 Å². The maximum absolute atomic E-state index is 12.9. The van der Waals surface area contributed by atoms with Crippen LogP contribution in [-0.4, -0.2) is 24.0 Å². The second-order valence-corrected chi connectivity index (χ2v) is 5.17. The number of fused-ring (bicyclic) bond motifs is 1. The normalized spacial score (nSPS) is 14.2. The Morgan fingerprint density at radius 2 is 2.04 bits per heavy atom. The fraction of sp³-hybridized carbons (Fsp3) is 0.250. The molecule has 0 spiro atoms. The lowest BCUT2D eigenvalue weighted by atomic mass is 10.1. The van der Waals surface area contributed by atoms with E-state index in [0.29, 0.717) is 5.56 Å². The zero-order chi connectivity index (χ0) is 16.6. The Morgan fingerprint density at radius 1 is 1.26 bits per heavy atom. The number of halogens is 3. The fourth-order valence-corrected chi connectivity index (χ4v) is 2.36. The van der Waals surface area contributed by atoms with Gasteiger partial charge in [0.15, 0.2) is 0 Å². The van der Waals surface area contributed by atoms with Crippen LogP contribution in [-0.2, 0) is 6.18 Å². The number of carbonyl (C=O) groups is 1. The van der Waals surface area contributed by atoms with Crippen molar-refractivity contribution >= 4 is 11.6 Å². The lowest BCUT2D eigenvalue weighted by Crippen LogP contribution is -2.38. The molecule has 3 rings (SSSR count). The molecule has 1 aromatic carbocycles. The average Bonchev–Trinajstić information content (AvgIpc) is 2.53. The van der Waals surface area contributed by atoms with E-state index in [9.17, 15) is 18.0 Å². The number of carbonyl (C=O) groups excluding carboxylic acids is 1. The monoisotopic (exact) mass is 322 g/mol. The maximum atomic E-state index is 12.9. The molecule has 1 aromatic heterocycles. The van der Waals surface area contributed by atoms with Crippen molar-refractivity contribution in [2.45, 2.75) is 13.1 Å². The number of anilines is 1. The number of aryl methyl sites for hydroxylation is 1. The topological polar surface area (TPSA) is 42.4 Å². The van der Waals surface area contributed by atoms with E-state index in [0.717, 1.165) is 17.8 Å². The molecule has 7 heteroatoms. The highest BCUT2D eigenvalue weighted by Gasteiger charge is 2.33. The van der Waals surface area contributed by atoms with Gasteiger partial charge in [-0.15, -0.1) is 0 Å². The summed E-state index contributed by atoms with van der Waals surface area (Å²) < 4.78 is 44.0. The number of aromatic nitrogens is 1. The Morgan fingerprint density at radius 3 is 2.70 bits per heavy atom. The summed E-state index contributed by atoms with van der Waals surface area (Å²) >= 11 is 0. The van der Waals surface area contributed by atoms with Gasteiger partial charge in [0.2, 0.25) is 0 Å². The minimum atomic E-state index is -4.48. The molecule has 0 aliphatic carbocycles. The zero-order valence-electron chi connectivity index (χ0n) is 12.2. The number of hydrogen-bond acceptors (Lipinski definition) is 3. The lowest BCUT2D eigenvalue weighted by molar-refractivity contribution is -0.137. The van der Waals surface area contributed by atoms with Crippen molar-refractivity contribution in [1.29, 1.82) is 0 Å². The van der Waals surface area contributed by atoms with Crippen LogP contribution in [0.25, 0.3) is 0 Å². The highest BCUT2D eigenvalue weighted by Crippen LogP contribution is 2.38. The van der Waals surface area contributed by atoms with Gasteiger partial charge in [-0.3, -0.25) is 9.78 Å². The first-order valence-corrected chi connectivity index (χ1v) is 6.95. The molecule has 0 fully saturated rings. The number of hydrogen-bond donors (Lipinski definition) is 0. The predicted octanol–water partition coefficient (Wildman–Crippen LogP) is 3.45. The van der Waals surface area contributed by atoms with Crippen LogP contribution in [0.3, 0.4) is 0 Å². The van der Waals surface area contributed by atoms with E-state index < -0.39 is 17.6 Å². The van der Waals surface area contributed by atoms with Crippen molar-refractivity contribution in [3.8, 4) is 5.75 Å². The second-order valence-electron chi connectivity index (χ2n) is 5.17. The molecule has 0 radical (unpaired) electrons. The van der Waals surface area contributed by atoms with E-state index in [1.807, 2.05) is 0 Å².